The van der Waals surface area contributed by atoms with E-state index in [4.69, 9.17) is 11.0 Å². The lowest BCUT2D eigenvalue weighted by Crippen LogP contribution is -2.07. The molecule has 0 atom stereocenters. The number of fused-ring (bicyclic) bond motifs is 3. The molecule has 0 aromatic carbocycles. The number of aryl methyl sites for hydroxylation is 1. The maximum Gasteiger partial charge on any atom is 0.285 e. The highest BCUT2D eigenvalue weighted by atomic mass is 32.1. The molecule has 0 fully saturated rings. The molecule has 0 saturated carbocycles. The molecule has 18 heavy (non-hydrogen) atoms. The van der Waals surface area contributed by atoms with Gasteiger partial charge in [-0.25, -0.2) is 10.1 Å². The number of H-pyrrole nitrogens is 1. The number of nitrogens with one attached hydrogen (secondary N) is 1. The Morgan fingerprint density at radius 2 is 2.28 bits per heavy atom. The van der Waals surface area contributed by atoms with Gasteiger partial charge in [-0.3, -0.25) is 4.79 Å². The summed E-state index contributed by atoms with van der Waals surface area (Å²) in [5.41, 5.74) is 6.83. The van der Waals surface area contributed by atoms with Gasteiger partial charge in [-0.2, -0.15) is 5.26 Å². The number of hydrogen-bond acceptors (Lipinski definition) is 7. The van der Waals surface area contributed by atoms with E-state index >= 15 is 0 Å². The number of pyridine rings is 1. The summed E-state index contributed by atoms with van der Waals surface area (Å²) in [6, 6.07) is 2.01. The van der Waals surface area contributed by atoms with Gasteiger partial charge < -0.3 is 5.73 Å². The molecule has 0 unspecified atom stereocenters. The summed E-state index contributed by atoms with van der Waals surface area (Å²) >= 11 is 1.19. The molecule has 0 bridgehead atoms. The van der Waals surface area contributed by atoms with E-state index in [-0.39, 0.29) is 11.4 Å². The van der Waals surface area contributed by atoms with Crippen molar-refractivity contribution >= 4 is 37.6 Å². The Morgan fingerprint density at radius 1 is 1.50 bits per heavy atom. The number of thiophene rings is 1. The predicted octanol–water partition coefficient (Wildman–Crippen LogP) is 0.690. The lowest BCUT2D eigenvalue weighted by Gasteiger charge is -2.02. The summed E-state index contributed by atoms with van der Waals surface area (Å²) < 4.78 is 0.435. The lowest BCUT2D eigenvalue weighted by atomic mass is 10.1. The van der Waals surface area contributed by atoms with Crippen molar-refractivity contribution < 1.29 is 0 Å². The van der Waals surface area contributed by atoms with Crippen molar-refractivity contribution in [2.24, 2.45) is 0 Å². The van der Waals surface area contributed by atoms with Crippen LogP contribution in [0, 0.1) is 18.3 Å². The quantitative estimate of drug-likeness (QED) is 0.611. The first-order valence-electron chi connectivity index (χ1n) is 4.97. The molecule has 3 aromatic rings. The van der Waals surface area contributed by atoms with E-state index in [1.807, 2.05) is 6.07 Å². The standard InChI is InChI=1S/C10H6N6OS/c1-3-4(2-11)8(12)13-10-5(3)6-7(18-10)9(17)15-16-14-6/h1H3,(H2,12,13)(H,14,15,17). The maximum absolute atomic E-state index is 11.6. The average Bonchev–Trinajstić information content (AvgIpc) is 2.69. The Balaban J connectivity index is 2.66. The Morgan fingerprint density at radius 3 is 3.00 bits per heavy atom. The summed E-state index contributed by atoms with van der Waals surface area (Å²) in [5, 5.41) is 19.4. The third-order valence-corrected chi connectivity index (χ3v) is 3.78. The Hall–Kier alpha value is -2.53. The number of nitriles is 1. The minimum atomic E-state index is -0.320. The first kappa shape index (κ1) is 10.6. The van der Waals surface area contributed by atoms with E-state index < -0.39 is 0 Å². The van der Waals surface area contributed by atoms with Gasteiger partial charge in [-0.15, -0.1) is 16.4 Å². The summed E-state index contributed by atoms with van der Waals surface area (Å²) in [4.78, 5) is 16.4. The maximum atomic E-state index is 11.6. The molecule has 0 saturated heterocycles. The van der Waals surface area contributed by atoms with Gasteiger partial charge in [0.15, 0.2) is 0 Å². The average molecular weight is 258 g/mol. The smallest absolute Gasteiger partial charge is 0.285 e. The molecule has 0 spiro atoms. The van der Waals surface area contributed by atoms with Gasteiger partial charge in [0.2, 0.25) is 0 Å². The van der Waals surface area contributed by atoms with Crippen molar-refractivity contribution in [2.75, 3.05) is 5.73 Å². The van der Waals surface area contributed by atoms with Crippen LogP contribution in [0.1, 0.15) is 11.1 Å². The van der Waals surface area contributed by atoms with Gasteiger partial charge in [0.25, 0.3) is 5.56 Å². The van der Waals surface area contributed by atoms with Crippen molar-refractivity contribution in [1.29, 1.82) is 5.26 Å². The molecule has 8 heteroatoms. The van der Waals surface area contributed by atoms with Crippen molar-refractivity contribution in [3.05, 3.63) is 21.5 Å². The largest absolute Gasteiger partial charge is 0.383 e. The number of nitrogen functional groups attached to an aromatic ring is 1. The fraction of sp³-hybridized carbons (Fsp3) is 0.100. The van der Waals surface area contributed by atoms with Crippen LogP contribution in [0.2, 0.25) is 0 Å². The molecule has 3 aromatic heterocycles. The third kappa shape index (κ3) is 1.22. The molecular weight excluding hydrogens is 252 g/mol. The first-order valence-corrected chi connectivity index (χ1v) is 5.79. The van der Waals surface area contributed by atoms with E-state index in [1.54, 1.807) is 6.92 Å². The van der Waals surface area contributed by atoms with E-state index in [2.05, 4.69) is 20.4 Å². The first-order chi connectivity index (χ1) is 8.63. The monoisotopic (exact) mass is 258 g/mol. The van der Waals surface area contributed by atoms with Crippen molar-refractivity contribution in [3.63, 3.8) is 0 Å². The molecule has 3 heterocycles. The molecular formula is C10H6N6OS. The summed E-state index contributed by atoms with van der Waals surface area (Å²) in [6.45, 7) is 1.76. The topological polar surface area (TPSA) is 121 Å². The second kappa shape index (κ2) is 3.48. The van der Waals surface area contributed by atoms with Crippen LogP contribution < -0.4 is 11.3 Å². The molecule has 0 radical (unpaired) electrons. The normalized spacial score (nSPS) is 10.9. The van der Waals surface area contributed by atoms with Crippen LogP contribution in [0.15, 0.2) is 4.79 Å². The molecule has 88 valence electrons. The fourth-order valence-electron chi connectivity index (χ4n) is 1.87. The minimum Gasteiger partial charge on any atom is -0.383 e. The Labute approximate surface area is 104 Å². The number of anilines is 1. The van der Waals surface area contributed by atoms with E-state index in [9.17, 15) is 4.79 Å². The summed E-state index contributed by atoms with van der Waals surface area (Å²) in [7, 11) is 0. The molecule has 0 aliphatic rings. The van der Waals surface area contributed by atoms with Gasteiger partial charge in [0.05, 0.1) is 5.56 Å². The van der Waals surface area contributed by atoms with Crippen LogP contribution in [0.5, 0.6) is 0 Å². The number of rotatable bonds is 0. The Bertz CT molecular complexity index is 887. The number of hydrogen-bond donors (Lipinski definition) is 2. The van der Waals surface area contributed by atoms with Crippen molar-refractivity contribution in [3.8, 4) is 6.07 Å². The zero-order valence-electron chi connectivity index (χ0n) is 9.18. The molecule has 3 rings (SSSR count). The number of aromatic amines is 1. The van der Waals surface area contributed by atoms with Crippen molar-refractivity contribution in [1.82, 2.24) is 20.4 Å². The predicted molar refractivity (Wildman–Crippen MR) is 67.2 cm³/mol. The molecule has 3 N–H and O–H groups in total. The fourth-order valence-corrected chi connectivity index (χ4v) is 2.94. The zero-order valence-corrected chi connectivity index (χ0v) is 10.00. The number of nitrogens with two attached hydrogens (primary N) is 1. The highest BCUT2D eigenvalue weighted by molar-refractivity contribution is 7.25. The highest BCUT2D eigenvalue weighted by Gasteiger charge is 2.17. The zero-order chi connectivity index (χ0) is 12.9. The van der Waals surface area contributed by atoms with Gasteiger partial charge in [-0.1, -0.05) is 5.21 Å². The summed E-state index contributed by atoms with van der Waals surface area (Å²) in [6.07, 6.45) is 0. The van der Waals surface area contributed by atoms with Gasteiger partial charge >= 0.3 is 0 Å². The molecule has 0 amide bonds. The van der Waals surface area contributed by atoms with Crippen LogP contribution >= 0.6 is 11.3 Å². The van der Waals surface area contributed by atoms with Crippen LogP contribution in [0.3, 0.4) is 0 Å². The SMILES string of the molecule is Cc1c(C#N)c(N)nc2sc3c(=O)[nH]nnc3c12. The molecule has 0 aliphatic heterocycles. The van der Waals surface area contributed by atoms with Gasteiger partial charge in [-0.05, 0) is 12.5 Å². The van der Waals surface area contributed by atoms with Gasteiger partial charge in [0.1, 0.15) is 26.9 Å². The van der Waals surface area contributed by atoms with E-state index in [0.29, 0.717) is 31.6 Å². The Kier molecular flexibility index (Phi) is 2.05. The van der Waals surface area contributed by atoms with Gasteiger partial charge in [0, 0.05) is 5.39 Å². The van der Waals surface area contributed by atoms with Crippen LogP contribution in [0.4, 0.5) is 5.82 Å². The highest BCUT2D eigenvalue weighted by Crippen LogP contribution is 2.33. The number of nitrogens with zero attached hydrogens (tertiary/aromatic N) is 4. The van der Waals surface area contributed by atoms with Crippen molar-refractivity contribution in [2.45, 2.75) is 6.92 Å². The second-order valence-electron chi connectivity index (χ2n) is 3.71. The van der Waals surface area contributed by atoms with Crippen LogP contribution in [-0.2, 0) is 0 Å². The van der Waals surface area contributed by atoms with Crippen LogP contribution in [0.25, 0.3) is 20.4 Å². The molecule has 0 aliphatic carbocycles. The second-order valence-corrected chi connectivity index (χ2v) is 4.71. The lowest BCUT2D eigenvalue weighted by molar-refractivity contribution is 0.876. The number of aromatic nitrogens is 4. The molecule has 7 nitrogen and oxygen atoms in total. The van der Waals surface area contributed by atoms with E-state index in [0.717, 1.165) is 0 Å². The van der Waals surface area contributed by atoms with Crippen LogP contribution in [-0.4, -0.2) is 20.4 Å². The van der Waals surface area contributed by atoms with E-state index in [1.165, 1.54) is 11.3 Å². The third-order valence-electron chi connectivity index (χ3n) is 2.71. The minimum absolute atomic E-state index is 0.165. The summed E-state index contributed by atoms with van der Waals surface area (Å²) in [5.74, 6) is 0.165.